The Morgan fingerprint density at radius 3 is 2.41 bits per heavy atom. The van der Waals surface area contributed by atoms with E-state index >= 15 is 0 Å². The van der Waals surface area contributed by atoms with Crippen LogP contribution in [0.4, 0.5) is 10.1 Å². The van der Waals surface area contributed by atoms with E-state index < -0.39 is 29.3 Å². The molecule has 0 radical (unpaired) electrons. The number of amides is 1. The minimum Gasteiger partial charge on any atom is -0.507 e. The summed E-state index contributed by atoms with van der Waals surface area (Å²) < 4.78 is 19.2. The highest BCUT2D eigenvalue weighted by atomic mass is 19.1. The van der Waals surface area contributed by atoms with Crippen LogP contribution in [-0.2, 0) is 16.0 Å². The fraction of sp³-hybridized carbons (Fsp3) is 0.160. The van der Waals surface area contributed by atoms with Crippen molar-refractivity contribution in [2.75, 3.05) is 12.0 Å². The number of ether oxygens (including phenoxy) is 1. The Labute approximate surface area is 184 Å². The zero-order valence-corrected chi connectivity index (χ0v) is 17.6. The number of methoxy groups -OCH3 is 1. The number of hydrogen-bond donors (Lipinski definition) is 1. The highest BCUT2D eigenvalue weighted by Crippen LogP contribution is 2.43. The van der Waals surface area contributed by atoms with Crippen LogP contribution >= 0.6 is 0 Å². The summed E-state index contributed by atoms with van der Waals surface area (Å²) in [7, 11) is 1.37. The highest BCUT2D eigenvalue weighted by molar-refractivity contribution is 6.51. The normalized spacial score (nSPS) is 17.6. The molecular formula is C25H21FN2O4. The van der Waals surface area contributed by atoms with Gasteiger partial charge in [0.1, 0.15) is 17.3 Å². The Bertz CT molecular complexity index is 1210. The smallest absolute Gasteiger partial charge is 0.300 e. The second-order valence-electron chi connectivity index (χ2n) is 7.31. The number of hydrogen-bond acceptors (Lipinski definition) is 5. The average Bonchev–Trinajstić information content (AvgIpc) is 3.09. The Morgan fingerprint density at radius 2 is 1.78 bits per heavy atom. The zero-order valence-electron chi connectivity index (χ0n) is 17.6. The van der Waals surface area contributed by atoms with Crippen LogP contribution in [0.15, 0.2) is 72.6 Å². The minimum atomic E-state index is -0.918. The summed E-state index contributed by atoms with van der Waals surface area (Å²) in [5.74, 6) is -2.59. The maximum atomic E-state index is 14.0. The summed E-state index contributed by atoms with van der Waals surface area (Å²) >= 11 is 0. The van der Waals surface area contributed by atoms with E-state index in [2.05, 4.69) is 4.98 Å². The zero-order chi connectivity index (χ0) is 22.8. The first-order chi connectivity index (χ1) is 15.5. The van der Waals surface area contributed by atoms with E-state index in [0.717, 1.165) is 18.1 Å². The van der Waals surface area contributed by atoms with Gasteiger partial charge in [-0.25, -0.2) is 4.39 Å². The van der Waals surface area contributed by atoms with Crippen molar-refractivity contribution in [3.8, 4) is 5.75 Å². The van der Waals surface area contributed by atoms with Crippen molar-refractivity contribution in [1.82, 2.24) is 4.98 Å². The van der Waals surface area contributed by atoms with Gasteiger partial charge in [0.05, 0.1) is 24.3 Å². The summed E-state index contributed by atoms with van der Waals surface area (Å²) in [5, 5.41) is 11.1. The number of anilines is 1. The molecule has 2 heterocycles. The topological polar surface area (TPSA) is 79.7 Å². The van der Waals surface area contributed by atoms with Crippen molar-refractivity contribution >= 4 is 23.1 Å². The molecule has 0 bridgehead atoms. The molecule has 1 unspecified atom stereocenters. The molecule has 1 saturated heterocycles. The van der Waals surface area contributed by atoms with E-state index in [1.54, 1.807) is 36.7 Å². The molecule has 1 aliphatic rings. The van der Waals surface area contributed by atoms with Gasteiger partial charge in [-0.1, -0.05) is 19.1 Å². The molecule has 162 valence electrons. The van der Waals surface area contributed by atoms with Gasteiger partial charge in [-0.2, -0.15) is 0 Å². The highest BCUT2D eigenvalue weighted by Gasteiger charge is 2.47. The summed E-state index contributed by atoms with van der Waals surface area (Å²) in [6.45, 7) is 2.02. The molecule has 0 spiro atoms. The lowest BCUT2D eigenvalue weighted by Gasteiger charge is -2.25. The second kappa shape index (κ2) is 8.63. The van der Waals surface area contributed by atoms with Gasteiger partial charge in [-0.15, -0.1) is 0 Å². The number of carbonyl (C=O) groups is 2. The van der Waals surface area contributed by atoms with Crippen LogP contribution in [0, 0.1) is 5.82 Å². The molecule has 3 aromatic rings. The standard InChI is InChI=1S/C25H21FN2O4/c1-3-15-4-7-18(8-5-15)28-22(16-10-12-27-13-11-16)21(24(30)25(28)31)23(29)19-14-17(26)6-9-20(19)32-2/h4-14,22,29H,3H2,1-2H3/b23-21+. The third-order valence-electron chi connectivity index (χ3n) is 5.51. The Morgan fingerprint density at radius 1 is 1.09 bits per heavy atom. The monoisotopic (exact) mass is 432 g/mol. The molecule has 32 heavy (non-hydrogen) atoms. The van der Waals surface area contributed by atoms with Crippen LogP contribution < -0.4 is 9.64 Å². The van der Waals surface area contributed by atoms with Crippen molar-refractivity contribution in [2.24, 2.45) is 0 Å². The van der Waals surface area contributed by atoms with Gasteiger partial charge < -0.3 is 9.84 Å². The number of benzene rings is 2. The number of aliphatic hydroxyl groups excluding tert-OH is 1. The molecular weight excluding hydrogens is 411 g/mol. The van der Waals surface area contributed by atoms with Crippen LogP contribution in [0.3, 0.4) is 0 Å². The molecule has 1 aromatic heterocycles. The number of carbonyl (C=O) groups excluding carboxylic acids is 2. The molecule has 7 heteroatoms. The van der Waals surface area contributed by atoms with Crippen LogP contribution in [0.2, 0.25) is 0 Å². The average molecular weight is 432 g/mol. The third kappa shape index (κ3) is 3.62. The lowest BCUT2D eigenvalue weighted by atomic mass is 9.95. The number of aromatic nitrogens is 1. The number of aliphatic hydroxyl groups is 1. The molecule has 1 aliphatic heterocycles. The maximum Gasteiger partial charge on any atom is 0.300 e. The molecule has 1 atom stereocenters. The molecule has 6 nitrogen and oxygen atoms in total. The molecule has 0 saturated carbocycles. The fourth-order valence-electron chi connectivity index (χ4n) is 3.86. The second-order valence-corrected chi connectivity index (χ2v) is 7.31. The van der Waals surface area contributed by atoms with E-state index in [4.69, 9.17) is 4.74 Å². The SMILES string of the molecule is CCc1ccc(N2C(=O)C(=O)/C(=C(/O)c3cc(F)ccc3OC)C2c2ccncc2)cc1. The predicted octanol–water partition coefficient (Wildman–Crippen LogP) is 4.42. The number of rotatable bonds is 5. The van der Waals surface area contributed by atoms with Crippen molar-refractivity contribution in [3.05, 3.63) is 95.1 Å². The van der Waals surface area contributed by atoms with Crippen molar-refractivity contribution in [2.45, 2.75) is 19.4 Å². The number of pyridine rings is 1. The van der Waals surface area contributed by atoms with Crippen LogP contribution in [-0.4, -0.2) is 28.9 Å². The summed E-state index contributed by atoms with van der Waals surface area (Å²) in [6, 6.07) is 13.3. The predicted molar refractivity (Wildman–Crippen MR) is 118 cm³/mol. The van der Waals surface area contributed by atoms with E-state index in [9.17, 15) is 19.1 Å². The molecule has 4 rings (SSSR count). The first-order valence-electron chi connectivity index (χ1n) is 10.1. The molecule has 1 N–H and O–H groups in total. The fourth-order valence-corrected chi connectivity index (χ4v) is 3.86. The molecule has 0 aliphatic carbocycles. The maximum absolute atomic E-state index is 14.0. The first kappa shape index (κ1) is 21.2. The Kier molecular flexibility index (Phi) is 5.73. The van der Waals surface area contributed by atoms with Gasteiger partial charge in [0.2, 0.25) is 0 Å². The van der Waals surface area contributed by atoms with Crippen LogP contribution in [0.5, 0.6) is 5.75 Å². The first-order valence-corrected chi connectivity index (χ1v) is 10.1. The Hall–Kier alpha value is -4.00. The van der Waals surface area contributed by atoms with E-state index in [0.29, 0.717) is 11.3 Å². The summed E-state index contributed by atoms with van der Waals surface area (Å²) in [6.07, 6.45) is 3.91. The van der Waals surface area contributed by atoms with Crippen molar-refractivity contribution < 1.29 is 23.8 Å². The number of aryl methyl sites for hydroxylation is 1. The number of halogens is 1. The molecule has 1 fully saturated rings. The molecule has 1 amide bonds. The number of Topliss-reactive ketones (excluding diaryl/α,β-unsaturated/α-hetero) is 1. The molecule has 2 aromatic carbocycles. The van der Waals surface area contributed by atoms with Gasteiger partial charge in [-0.3, -0.25) is 19.5 Å². The van der Waals surface area contributed by atoms with Crippen molar-refractivity contribution in [3.63, 3.8) is 0 Å². The van der Waals surface area contributed by atoms with Gasteiger partial charge in [0.25, 0.3) is 11.7 Å². The van der Waals surface area contributed by atoms with Gasteiger partial charge in [0, 0.05) is 18.1 Å². The van der Waals surface area contributed by atoms with Crippen LogP contribution in [0.25, 0.3) is 5.76 Å². The lowest BCUT2D eigenvalue weighted by Crippen LogP contribution is -2.29. The van der Waals surface area contributed by atoms with Crippen molar-refractivity contribution in [1.29, 1.82) is 0 Å². The minimum absolute atomic E-state index is 0.00844. The third-order valence-corrected chi connectivity index (χ3v) is 5.51. The Balaban J connectivity index is 1.95. The largest absolute Gasteiger partial charge is 0.507 e. The van der Waals surface area contributed by atoms with Crippen LogP contribution in [0.1, 0.15) is 29.7 Å². The van der Waals surface area contributed by atoms with Gasteiger partial charge in [0.15, 0.2) is 0 Å². The van der Waals surface area contributed by atoms with E-state index in [1.807, 2.05) is 19.1 Å². The van der Waals surface area contributed by atoms with Gasteiger partial charge in [-0.05, 0) is 60.0 Å². The van der Waals surface area contributed by atoms with E-state index in [1.165, 1.54) is 24.1 Å². The lowest BCUT2D eigenvalue weighted by molar-refractivity contribution is -0.132. The summed E-state index contributed by atoms with van der Waals surface area (Å²) in [4.78, 5) is 31.6. The van der Waals surface area contributed by atoms with E-state index in [-0.39, 0.29) is 16.9 Å². The quantitative estimate of drug-likeness (QED) is 0.367. The number of ketones is 1. The summed E-state index contributed by atoms with van der Waals surface area (Å²) in [5.41, 5.74) is 2.01. The van der Waals surface area contributed by atoms with Gasteiger partial charge >= 0.3 is 0 Å². The number of nitrogens with zero attached hydrogens (tertiary/aromatic N) is 2.